The van der Waals surface area contributed by atoms with Crippen LogP contribution >= 0.6 is 0 Å². The second-order valence-corrected chi connectivity index (χ2v) is 7.16. The molecule has 5 nitrogen and oxygen atoms in total. The number of carbonyl (C=O) groups is 1. The molecule has 1 spiro atoms. The average Bonchev–Trinajstić information content (AvgIpc) is 3.13. The number of amides is 1. The Morgan fingerprint density at radius 2 is 2.00 bits per heavy atom. The summed E-state index contributed by atoms with van der Waals surface area (Å²) >= 11 is 0. The molecule has 1 atom stereocenters. The molecule has 1 aromatic heterocycles. The largest absolute Gasteiger partial charge is 0.312 e. The molecule has 4 rings (SSSR count). The number of likely N-dealkylation sites (tertiary alicyclic amines) is 1. The van der Waals surface area contributed by atoms with Gasteiger partial charge >= 0.3 is 0 Å². The molecule has 0 radical (unpaired) electrons. The first-order valence-corrected chi connectivity index (χ1v) is 8.73. The lowest BCUT2D eigenvalue weighted by Crippen LogP contribution is -2.47. The Kier molecular flexibility index (Phi) is 3.88. The molecule has 0 bridgehead atoms. The number of aromatic nitrogens is 2. The zero-order valence-electron chi connectivity index (χ0n) is 14.2. The maximum Gasteiger partial charge on any atom is 0.234 e. The lowest BCUT2D eigenvalue weighted by atomic mass is 9.78. The first-order chi connectivity index (χ1) is 11.7. The van der Waals surface area contributed by atoms with E-state index in [1.165, 1.54) is 5.56 Å². The second kappa shape index (κ2) is 6.06. The van der Waals surface area contributed by atoms with E-state index in [2.05, 4.69) is 16.2 Å². The van der Waals surface area contributed by atoms with Crippen LogP contribution in [0.25, 0.3) is 0 Å². The summed E-state index contributed by atoms with van der Waals surface area (Å²) in [5.74, 6) is 0.310. The van der Waals surface area contributed by atoms with E-state index in [0.717, 1.165) is 51.1 Å². The van der Waals surface area contributed by atoms with Crippen LogP contribution < -0.4 is 4.90 Å². The highest BCUT2D eigenvalue weighted by atomic mass is 16.2. The molecule has 126 valence electrons. The van der Waals surface area contributed by atoms with Crippen molar-refractivity contribution in [3.05, 3.63) is 48.3 Å². The van der Waals surface area contributed by atoms with E-state index in [4.69, 9.17) is 0 Å². The number of carbonyl (C=O) groups excluding carboxylic acids is 1. The van der Waals surface area contributed by atoms with E-state index >= 15 is 0 Å². The predicted molar refractivity (Wildman–Crippen MR) is 93.6 cm³/mol. The Hall–Kier alpha value is -2.14. The summed E-state index contributed by atoms with van der Waals surface area (Å²) in [6, 6.07) is 10.1. The van der Waals surface area contributed by atoms with Gasteiger partial charge in [-0.25, -0.2) is 0 Å². The molecule has 2 fully saturated rings. The lowest BCUT2D eigenvalue weighted by molar-refractivity contribution is -0.128. The summed E-state index contributed by atoms with van der Waals surface area (Å²) in [6.45, 7) is 3.65. The lowest BCUT2D eigenvalue weighted by Gasteiger charge is -2.38. The quantitative estimate of drug-likeness (QED) is 0.871. The third-order valence-electron chi connectivity index (χ3n) is 5.40. The molecule has 0 aliphatic carbocycles. The van der Waals surface area contributed by atoms with E-state index < -0.39 is 0 Å². The highest BCUT2D eigenvalue weighted by Gasteiger charge is 2.49. The van der Waals surface area contributed by atoms with Crippen LogP contribution in [0.15, 0.2) is 42.7 Å². The molecule has 0 saturated carbocycles. The van der Waals surface area contributed by atoms with Gasteiger partial charge < -0.3 is 4.90 Å². The number of piperidine rings is 1. The van der Waals surface area contributed by atoms with Gasteiger partial charge in [-0.05, 0) is 37.9 Å². The van der Waals surface area contributed by atoms with Crippen LogP contribution in [-0.2, 0) is 18.4 Å². The van der Waals surface area contributed by atoms with Crippen molar-refractivity contribution >= 4 is 11.6 Å². The number of rotatable bonds is 3. The zero-order chi connectivity index (χ0) is 16.6. The Morgan fingerprint density at radius 1 is 1.17 bits per heavy atom. The molecular formula is C19H24N4O. The standard InChI is InChI=1S/C19H24N4O/c1-21-13-16(12-20-21)14-22-10-5-8-19(15-22)9-11-23(18(19)24)17-6-3-2-4-7-17/h2-4,6-7,12-13H,5,8-11,14-15H2,1H3/t19-/m0/s1. The SMILES string of the molecule is Cn1cc(CN2CCC[C@]3(CCN(c4ccccc4)C3=O)C2)cn1. The third kappa shape index (κ3) is 2.73. The number of para-hydroxylation sites is 1. The topological polar surface area (TPSA) is 41.4 Å². The van der Waals surface area contributed by atoms with Gasteiger partial charge in [0.2, 0.25) is 5.91 Å². The van der Waals surface area contributed by atoms with Gasteiger partial charge in [-0.3, -0.25) is 14.4 Å². The molecule has 24 heavy (non-hydrogen) atoms. The van der Waals surface area contributed by atoms with Gasteiger partial charge in [-0.15, -0.1) is 0 Å². The van der Waals surface area contributed by atoms with Crippen LogP contribution in [0.4, 0.5) is 5.69 Å². The summed E-state index contributed by atoms with van der Waals surface area (Å²) in [5.41, 5.74) is 2.06. The minimum atomic E-state index is -0.198. The Morgan fingerprint density at radius 3 is 2.75 bits per heavy atom. The van der Waals surface area contributed by atoms with Crippen molar-refractivity contribution in [3.8, 4) is 0 Å². The second-order valence-electron chi connectivity index (χ2n) is 7.16. The number of nitrogens with zero attached hydrogens (tertiary/aromatic N) is 4. The van der Waals surface area contributed by atoms with E-state index in [-0.39, 0.29) is 5.41 Å². The highest BCUT2D eigenvalue weighted by molar-refractivity contribution is 6.00. The number of hydrogen-bond acceptors (Lipinski definition) is 3. The summed E-state index contributed by atoms with van der Waals surface area (Å²) in [7, 11) is 1.94. The van der Waals surface area contributed by atoms with E-state index in [0.29, 0.717) is 5.91 Å². The van der Waals surface area contributed by atoms with Crippen molar-refractivity contribution in [2.75, 3.05) is 24.5 Å². The normalized spacial score (nSPS) is 24.9. The predicted octanol–water partition coefficient (Wildman–Crippen LogP) is 2.44. The van der Waals surface area contributed by atoms with Crippen LogP contribution in [0.5, 0.6) is 0 Å². The Balaban J connectivity index is 1.49. The molecule has 5 heteroatoms. The van der Waals surface area contributed by atoms with Crippen molar-refractivity contribution in [2.45, 2.75) is 25.8 Å². The van der Waals surface area contributed by atoms with Crippen LogP contribution in [0, 0.1) is 5.41 Å². The van der Waals surface area contributed by atoms with Crippen LogP contribution in [0.3, 0.4) is 0 Å². The number of hydrogen-bond donors (Lipinski definition) is 0. The Bertz CT molecular complexity index is 726. The number of anilines is 1. The minimum absolute atomic E-state index is 0.198. The molecule has 2 aromatic rings. The monoisotopic (exact) mass is 324 g/mol. The summed E-state index contributed by atoms with van der Waals surface area (Å²) in [4.78, 5) is 17.6. The maximum atomic E-state index is 13.2. The van der Waals surface area contributed by atoms with E-state index in [1.807, 2.05) is 53.2 Å². The highest BCUT2D eigenvalue weighted by Crippen LogP contribution is 2.42. The fraction of sp³-hybridized carbons (Fsp3) is 0.474. The molecule has 3 heterocycles. The maximum absolute atomic E-state index is 13.2. The summed E-state index contributed by atoms with van der Waals surface area (Å²) < 4.78 is 1.84. The third-order valence-corrected chi connectivity index (χ3v) is 5.40. The van der Waals surface area contributed by atoms with E-state index in [1.54, 1.807) is 0 Å². The smallest absolute Gasteiger partial charge is 0.234 e. The first-order valence-electron chi connectivity index (χ1n) is 8.73. The van der Waals surface area contributed by atoms with Crippen molar-refractivity contribution in [3.63, 3.8) is 0 Å². The van der Waals surface area contributed by atoms with Crippen molar-refractivity contribution in [1.29, 1.82) is 0 Å². The van der Waals surface area contributed by atoms with Gasteiger partial charge in [-0.2, -0.15) is 5.10 Å². The van der Waals surface area contributed by atoms with Crippen LogP contribution in [0.1, 0.15) is 24.8 Å². The molecule has 1 amide bonds. The van der Waals surface area contributed by atoms with Gasteiger partial charge in [0.05, 0.1) is 11.6 Å². The van der Waals surface area contributed by atoms with Gasteiger partial charge in [0.1, 0.15) is 0 Å². The van der Waals surface area contributed by atoms with Gasteiger partial charge in [-0.1, -0.05) is 18.2 Å². The fourth-order valence-electron chi connectivity index (χ4n) is 4.23. The van der Waals surface area contributed by atoms with Gasteiger partial charge in [0.25, 0.3) is 0 Å². The zero-order valence-corrected chi connectivity index (χ0v) is 14.2. The molecule has 2 aliphatic rings. The van der Waals surface area contributed by atoms with Crippen molar-refractivity contribution < 1.29 is 4.79 Å². The van der Waals surface area contributed by atoms with Crippen molar-refractivity contribution in [2.24, 2.45) is 12.5 Å². The molecular weight excluding hydrogens is 300 g/mol. The van der Waals surface area contributed by atoms with Crippen LogP contribution in [-0.4, -0.2) is 40.2 Å². The van der Waals surface area contributed by atoms with E-state index in [9.17, 15) is 4.79 Å². The average molecular weight is 324 g/mol. The summed E-state index contributed by atoms with van der Waals surface area (Å²) in [5, 5.41) is 4.25. The molecule has 2 aliphatic heterocycles. The fourth-order valence-corrected chi connectivity index (χ4v) is 4.23. The minimum Gasteiger partial charge on any atom is -0.312 e. The van der Waals surface area contributed by atoms with Crippen LogP contribution in [0.2, 0.25) is 0 Å². The Labute approximate surface area is 142 Å². The summed E-state index contributed by atoms with van der Waals surface area (Å²) in [6.07, 6.45) is 7.06. The molecule has 1 aromatic carbocycles. The number of aryl methyl sites for hydroxylation is 1. The molecule has 0 unspecified atom stereocenters. The number of benzene rings is 1. The van der Waals surface area contributed by atoms with Crippen molar-refractivity contribution in [1.82, 2.24) is 14.7 Å². The molecule has 2 saturated heterocycles. The first kappa shape index (κ1) is 15.4. The molecule has 0 N–H and O–H groups in total. The van der Waals surface area contributed by atoms with Gasteiger partial charge in [0, 0.05) is 44.1 Å². The van der Waals surface area contributed by atoms with Gasteiger partial charge in [0.15, 0.2) is 0 Å².